The van der Waals surface area contributed by atoms with E-state index in [-0.39, 0.29) is 15.8 Å². The first-order chi connectivity index (χ1) is 8.65. The lowest BCUT2D eigenvalue weighted by Crippen LogP contribution is -2.11. The van der Waals surface area contributed by atoms with E-state index in [1.54, 1.807) is 24.3 Å². The Labute approximate surface area is 114 Å². The van der Waals surface area contributed by atoms with Crippen LogP contribution < -0.4 is 0 Å². The molecule has 0 aliphatic rings. The van der Waals surface area contributed by atoms with Crippen molar-refractivity contribution in [2.75, 3.05) is 0 Å². The second-order valence-corrected chi connectivity index (χ2v) is 4.35. The Kier molecular flexibility index (Phi) is 3.71. The van der Waals surface area contributed by atoms with Crippen LogP contribution in [-0.4, -0.2) is 5.78 Å². The molecule has 0 saturated carbocycles. The molecule has 1 heterocycles. The van der Waals surface area contributed by atoms with E-state index < -0.39 is 11.7 Å². The van der Waals surface area contributed by atoms with Crippen LogP contribution in [0.2, 0.25) is 10.0 Å². The number of benzene rings is 1. The first kappa shape index (κ1) is 12.7. The summed E-state index contributed by atoms with van der Waals surface area (Å²) in [6.07, 6.45) is 1.37. The van der Waals surface area contributed by atoms with Crippen LogP contribution in [0.5, 0.6) is 0 Å². The van der Waals surface area contributed by atoms with Crippen molar-refractivity contribution in [3.05, 3.63) is 58.0 Å². The average Bonchev–Trinajstić information content (AvgIpc) is 2.87. The molecule has 0 N–H and O–H groups in total. The topological polar surface area (TPSA) is 54.0 Å². The number of carbonyl (C=O) groups is 1. The Hall–Kier alpha value is -1.76. The fourth-order valence-corrected chi connectivity index (χ4v) is 2.22. The summed E-state index contributed by atoms with van der Waals surface area (Å²) in [5.41, 5.74) is 0.310. The van der Waals surface area contributed by atoms with Gasteiger partial charge in [0, 0.05) is 15.6 Å². The number of Topliss-reactive ketones (excluding diaryl/α,β-unsaturated/α-hetero) is 1. The summed E-state index contributed by atoms with van der Waals surface area (Å²) in [7, 11) is 0. The zero-order chi connectivity index (χ0) is 13.1. The molecule has 1 atom stereocenters. The number of hydrogen-bond acceptors (Lipinski definition) is 3. The lowest BCUT2D eigenvalue weighted by Gasteiger charge is -2.10. The third-order valence-electron chi connectivity index (χ3n) is 2.44. The lowest BCUT2D eigenvalue weighted by molar-refractivity contribution is 0.0952. The molecule has 0 bridgehead atoms. The van der Waals surface area contributed by atoms with Gasteiger partial charge in [0.1, 0.15) is 5.92 Å². The van der Waals surface area contributed by atoms with E-state index in [9.17, 15) is 4.79 Å². The van der Waals surface area contributed by atoms with Crippen molar-refractivity contribution >= 4 is 29.0 Å². The number of ketones is 1. The first-order valence-corrected chi connectivity index (χ1v) is 5.82. The Bertz CT molecular complexity index is 594. The molecule has 2 aromatic rings. The molecule has 90 valence electrons. The highest BCUT2D eigenvalue weighted by atomic mass is 35.5. The summed E-state index contributed by atoms with van der Waals surface area (Å²) >= 11 is 12.0. The molecular formula is C13H7Cl2NO2. The summed E-state index contributed by atoms with van der Waals surface area (Å²) in [6.45, 7) is 0. The molecule has 0 amide bonds. The van der Waals surface area contributed by atoms with Crippen molar-refractivity contribution in [3.63, 3.8) is 0 Å². The lowest BCUT2D eigenvalue weighted by atomic mass is 9.94. The number of carbonyl (C=O) groups excluding carboxylic acids is 1. The molecule has 1 unspecified atom stereocenters. The molecule has 1 aromatic heterocycles. The summed E-state index contributed by atoms with van der Waals surface area (Å²) < 4.78 is 4.99. The Morgan fingerprint density at radius 2 is 1.89 bits per heavy atom. The molecule has 5 heteroatoms. The zero-order valence-electron chi connectivity index (χ0n) is 9.06. The molecule has 0 aliphatic heterocycles. The van der Waals surface area contributed by atoms with E-state index >= 15 is 0 Å². The van der Waals surface area contributed by atoms with Gasteiger partial charge >= 0.3 is 0 Å². The maximum absolute atomic E-state index is 12.1. The van der Waals surface area contributed by atoms with Crippen LogP contribution in [0.4, 0.5) is 0 Å². The highest BCUT2D eigenvalue weighted by molar-refractivity contribution is 6.36. The van der Waals surface area contributed by atoms with Crippen molar-refractivity contribution in [2.45, 2.75) is 5.92 Å². The van der Waals surface area contributed by atoms with Gasteiger partial charge in [-0.2, -0.15) is 5.26 Å². The van der Waals surface area contributed by atoms with Crippen molar-refractivity contribution in [2.24, 2.45) is 0 Å². The predicted molar refractivity (Wildman–Crippen MR) is 67.9 cm³/mol. The predicted octanol–water partition coefficient (Wildman–Crippen LogP) is 4.08. The maximum atomic E-state index is 12.1. The zero-order valence-corrected chi connectivity index (χ0v) is 10.6. The molecular weight excluding hydrogens is 273 g/mol. The third-order valence-corrected chi connectivity index (χ3v) is 3.10. The van der Waals surface area contributed by atoms with Gasteiger partial charge in [-0.1, -0.05) is 29.3 Å². The van der Waals surface area contributed by atoms with Crippen molar-refractivity contribution in [1.82, 2.24) is 0 Å². The monoisotopic (exact) mass is 279 g/mol. The Balaban J connectivity index is 2.47. The number of halogens is 2. The van der Waals surface area contributed by atoms with Crippen LogP contribution in [0.1, 0.15) is 22.0 Å². The van der Waals surface area contributed by atoms with Gasteiger partial charge in [-0.15, -0.1) is 0 Å². The van der Waals surface area contributed by atoms with Gasteiger partial charge in [-0.05, 0) is 24.3 Å². The van der Waals surface area contributed by atoms with Crippen LogP contribution in [-0.2, 0) is 0 Å². The molecule has 18 heavy (non-hydrogen) atoms. The summed E-state index contributed by atoms with van der Waals surface area (Å²) in [6, 6.07) is 9.81. The van der Waals surface area contributed by atoms with Gasteiger partial charge in [0.05, 0.1) is 12.3 Å². The first-order valence-electron chi connectivity index (χ1n) is 5.06. The molecule has 0 fully saturated rings. The molecule has 3 nitrogen and oxygen atoms in total. The van der Waals surface area contributed by atoms with Gasteiger partial charge in [0.2, 0.25) is 5.78 Å². The minimum atomic E-state index is -1.07. The van der Waals surface area contributed by atoms with Gasteiger partial charge in [0.25, 0.3) is 0 Å². The van der Waals surface area contributed by atoms with Gasteiger partial charge in [0.15, 0.2) is 5.76 Å². The van der Waals surface area contributed by atoms with Gasteiger partial charge in [-0.25, -0.2) is 0 Å². The molecule has 1 aromatic carbocycles. The maximum Gasteiger partial charge on any atom is 0.219 e. The van der Waals surface area contributed by atoms with Crippen LogP contribution in [0.3, 0.4) is 0 Å². The quantitative estimate of drug-likeness (QED) is 0.796. The third kappa shape index (κ3) is 2.26. The van der Waals surface area contributed by atoms with Crippen molar-refractivity contribution in [1.29, 1.82) is 5.26 Å². The van der Waals surface area contributed by atoms with E-state index in [2.05, 4.69) is 0 Å². The Morgan fingerprint density at radius 1 is 1.22 bits per heavy atom. The normalized spacial score (nSPS) is 11.8. The minimum Gasteiger partial charge on any atom is -0.461 e. The van der Waals surface area contributed by atoms with E-state index in [0.29, 0.717) is 5.56 Å². The largest absolute Gasteiger partial charge is 0.461 e. The molecule has 0 radical (unpaired) electrons. The number of hydrogen-bond donors (Lipinski definition) is 0. The van der Waals surface area contributed by atoms with E-state index in [1.807, 2.05) is 6.07 Å². The van der Waals surface area contributed by atoms with E-state index in [1.165, 1.54) is 12.3 Å². The van der Waals surface area contributed by atoms with Gasteiger partial charge in [-0.3, -0.25) is 4.79 Å². The summed E-state index contributed by atoms with van der Waals surface area (Å²) in [5.74, 6) is -1.42. The highest BCUT2D eigenvalue weighted by Gasteiger charge is 2.27. The standard InChI is InChI=1S/C13H7Cl2NO2/c14-9-3-1-4-10(15)12(9)8(7-16)13(17)11-5-2-6-18-11/h1-6,8H. The van der Waals surface area contributed by atoms with Crippen LogP contribution in [0.25, 0.3) is 0 Å². The SMILES string of the molecule is N#CC(C(=O)c1ccco1)c1c(Cl)cccc1Cl. The van der Waals surface area contributed by atoms with Crippen LogP contribution >= 0.6 is 23.2 Å². The van der Waals surface area contributed by atoms with Crippen LogP contribution in [0.15, 0.2) is 41.0 Å². The van der Waals surface area contributed by atoms with Crippen molar-refractivity contribution in [3.8, 4) is 6.07 Å². The average molecular weight is 280 g/mol. The number of nitrogens with zero attached hydrogens (tertiary/aromatic N) is 1. The number of rotatable bonds is 3. The van der Waals surface area contributed by atoms with E-state index in [4.69, 9.17) is 32.9 Å². The van der Waals surface area contributed by atoms with Crippen molar-refractivity contribution < 1.29 is 9.21 Å². The molecule has 0 spiro atoms. The fourth-order valence-electron chi connectivity index (χ4n) is 1.60. The molecule has 2 rings (SSSR count). The summed E-state index contributed by atoms with van der Waals surface area (Å²) in [5, 5.41) is 9.74. The number of furan rings is 1. The highest BCUT2D eigenvalue weighted by Crippen LogP contribution is 2.33. The molecule has 0 aliphatic carbocycles. The number of nitriles is 1. The fraction of sp³-hybridized carbons (Fsp3) is 0.0769. The second kappa shape index (κ2) is 5.26. The minimum absolute atomic E-state index is 0.109. The second-order valence-electron chi connectivity index (χ2n) is 3.54. The molecule has 0 saturated heterocycles. The Morgan fingerprint density at radius 3 is 2.39 bits per heavy atom. The van der Waals surface area contributed by atoms with E-state index in [0.717, 1.165) is 0 Å². The van der Waals surface area contributed by atoms with Crippen LogP contribution in [0, 0.1) is 11.3 Å². The van der Waals surface area contributed by atoms with Gasteiger partial charge < -0.3 is 4.42 Å². The smallest absolute Gasteiger partial charge is 0.219 e. The summed E-state index contributed by atoms with van der Waals surface area (Å²) in [4.78, 5) is 12.1.